The third kappa shape index (κ3) is 9.23. The zero-order chi connectivity index (χ0) is 31.4. The van der Waals surface area contributed by atoms with E-state index < -0.39 is 18.3 Å². The molecule has 2 aromatic carbocycles. The van der Waals surface area contributed by atoms with Gasteiger partial charge in [0, 0.05) is 32.2 Å². The van der Waals surface area contributed by atoms with E-state index in [0.717, 1.165) is 86.6 Å². The Kier molecular flexibility index (Phi) is 12.6. The summed E-state index contributed by atoms with van der Waals surface area (Å²) in [7, 11) is 0. The molecular formula is C34H49N3O8. The number of nitrogens with one attached hydrogen (secondary N) is 1. The summed E-state index contributed by atoms with van der Waals surface area (Å²) < 4.78 is 24.0. The second-order valence-electron chi connectivity index (χ2n) is 12.1. The smallest absolute Gasteiger partial charge is 0.409 e. The molecule has 0 saturated carbocycles. The lowest BCUT2D eigenvalue weighted by Crippen LogP contribution is -2.53. The molecule has 3 aliphatic heterocycles. The number of hydrogen-bond acceptors (Lipinski definition) is 10. The first-order valence-corrected chi connectivity index (χ1v) is 16.5. The number of carbonyl (C=O) groups is 1. The summed E-state index contributed by atoms with van der Waals surface area (Å²) in [5.41, 5.74) is 2.86. The third-order valence-electron chi connectivity index (χ3n) is 8.77. The van der Waals surface area contributed by atoms with E-state index >= 15 is 0 Å². The normalized spacial score (nSPS) is 23.0. The van der Waals surface area contributed by atoms with Crippen molar-refractivity contribution in [3.8, 4) is 11.5 Å². The van der Waals surface area contributed by atoms with Crippen LogP contribution in [0, 0.1) is 0 Å². The van der Waals surface area contributed by atoms with Gasteiger partial charge in [-0.25, -0.2) is 4.79 Å². The third-order valence-corrected chi connectivity index (χ3v) is 8.77. The summed E-state index contributed by atoms with van der Waals surface area (Å²) in [6, 6.07) is 13.9. The number of anilines is 1. The first kappa shape index (κ1) is 33.3. The molecule has 2 aromatic rings. The number of aliphatic hydroxyl groups excluding tert-OH is 3. The molecule has 11 heteroatoms. The van der Waals surface area contributed by atoms with Gasteiger partial charge in [0.1, 0.15) is 24.2 Å². The summed E-state index contributed by atoms with van der Waals surface area (Å²) in [5, 5.41) is 33.0. The maximum atomic E-state index is 13.0. The molecule has 1 amide bonds. The van der Waals surface area contributed by atoms with Crippen LogP contribution in [0.2, 0.25) is 0 Å². The van der Waals surface area contributed by atoms with Crippen LogP contribution in [0.4, 0.5) is 10.5 Å². The van der Waals surface area contributed by atoms with Crippen molar-refractivity contribution >= 4 is 11.8 Å². The number of β-amino-alcohol motifs (C(OH)–C–C–N with tert-alkyl or cyclic N) is 1. The molecule has 4 atom stereocenters. The highest BCUT2D eigenvalue weighted by Crippen LogP contribution is 2.35. The van der Waals surface area contributed by atoms with Crippen LogP contribution in [0.5, 0.6) is 11.5 Å². The number of carbonyl (C=O) groups excluding carboxylic acids is 1. The Morgan fingerprint density at radius 3 is 2.60 bits per heavy atom. The van der Waals surface area contributed by atoms with Crippen LogP contribution in [0.15, 0.2) is 42.5 Å². The van der Waals surface area contributed by atoms with Gasteiger partial charge in [0.05, 0.1) is 50.7 Å². The molecule has 3 heterocycles. The summed E-state index contributed by atoms with van der Waals surface area (Å²) in [4.78, 5) is 16.8. The number of rotatable bonds is 15. The van der Waals surface area contributed by atoms with Gasteiger partial charge in [-0.3, -0.25) is 0 Å². The van der Waals surface area contributed by atoms with Crippen LogP contribution < -0.4 is 19.7 Å². The molecule has 2 fully saturated rings. The largest absolute Gasteiger partial charge is 0.490 e. The van der Waals surface area contributed by atoms with E-state index in [4.69, 9.17) is 24.1 Å². The number of piperidine rings is 1. The van der Waals surface area contributed by atoms with E-state index in [9.17, 15) is 15.0 Å². The number of nitrogens with zero attached hydrogens (tertiary/aromatic N) is 2. The number of hydrogen-bond donors (Lipinski definition) is 4. The Hall–Kier alpha value is -3.09. The predicted molar refractivity (Wildman–Crippen MR) is 170 cm³/mol. The molecule has 0 spiro atoms. The van der Waals surface area contributed by atoms with E-state index in [2.05, 4.69) is 16.3 Å². The molecule has 0 aliphatic carbocycles. The first-order chi connectivity index (χ1) is 22.1. The molecule has 0 aromatic heterocycles. The van der Waals surface area contributed by atoms with Crippen molar-refractivity contribution in [2.24, 2.45) is 0 Å². The standard InChI is InChI=1S/C34H49N3O8/c38-16-3-1-2-4-18-43-34(41)37-22-30(40)33(26-7-9-27(10-8-26)45-28-12-13-35-21-28)32(23-37)44-24-25-6-11-31-29(20-25)36(14-5-17-39)15-19-42-31/h6-11,20,28,30,32-33,35,38-40H,1-5,12-19,21-24H2. The summed E-state index contributed by atoms with van der Waals surface area (Å²) in [5.74, 6) is 1.26. The molecule has 0 bridgehead atoms. The van der Waals surface area contributed by atoms with Crippen LogP contribution >= 0.6 is 0 Å². The highest BCUT2D eigenvalue weighted by atomic mass is 16.6. The molecule has 5 rings (SSSR count). The van der Waals surface area contributed by atoms with Crippen LogP contribution in [0.3, 0.4) is 0 Å². The average Bonchev–Trinajstić information content (AvgIpc) is 3.57. The Balaban J connectivity index is 1.27. The molecule has 4 unspecified atom stereocenters. The number of amides is 1. The zero-order valence-electron chi connectivity index (χ0n) is 26.1. The number of likely N-dealkylation sites (tertiary alicyclic amines) is 1. The summed E-state index contributed by atoms with van der Waals surface area (Å²) in [6.45, 7) is 5.21. The molecule has 2 saturated heterocycles. The molecule has 248 valence electrons. The van der Waals surface area contributed by atoms with Crippen LogP contribution in [0.25, 0.3) is 0 Å². The van der Waals surface area contributed by atoms with Gasteiger partial charge in [-0.15, -0.1) is 0 Å². The topological polar surface area (TPSA) is 133 Å². The van der Waals surface area contributed by atoms with E-state index in [0.29, 0.717) is 26.2 Å². The lowest BCUT2D eigenvalue weighted by molar-refractivity contribution is -0.0687. The quantitative estimate of drug-likeness (QED) is 0.219. The number of ether oxygens (including phenoxy) is 4. The van der Waals surface area contributed by atoms with Crippen LogP contribution in [-0.2, 0) is 16.1 Å². The minimum atomic E-state index is -0.849. The van der Waals surface area contributed by atoms with Crippen molar-refractivity contribution in [1.82, 2.24) is 10.2 Å². The lowest BCUT2D eigenvalue weighted by atomic mass is 9.84. The van der Waals surface area contributed by atoms with Crippen LogP contribution in [-0.4, -0.2) is 110 Å². The molecular weight excluding hydrogens is 578 g/mol. The zero-order valence-corrected chi connectivity index (χ0v) is 26.1. The molecule has 3 aliphatic rings. The Labute approximate surface area is 266 Å². The van der Waals surface area contributed by atoms with E-state index in [1.165, 1.54) is 0 Å². The van der Waals surface area contributed by atoms with Gasteiger partial charge >= 0.3 is 6.09 Å². The number of benzene rings is 2. The highest BCUT2D eigenvalue weighted by Gasteiger charge is 2.40. The second kappa shape index (κ2) is 17.0. The van der Waals surface area contributed by atoms with Gasteiger partial charge in [0.2, 0.25) is 0 Å². The van der Waals surface area contributed by atoms with E-state index in [1.54, 1.807) is 4.90 Å². The first-order valence-electron chi connectivity index (χ1n) is 16.5. The molecule has 4 N–H and O–H groups in total. The van der Waals surface area contributed by atoms with Gasteiger partial charge in [-0.2, -0.15) is 0 Å². The molecule has 11 nitrogen and oxygen atoms in total. The van der Waals surface area contributed by atoms with Gasteiger partial charge < -0.3 is 49.4 Å². The lowest BCUT2D eigenvalue weighted by Gasteiger charge is -2.41. The van der Waals surface area contributed by atoms with Crippen molar-refractivity contribution in [2.75, 3.05) is 70.6 Å². The van der Waals surface area contributed by atoms with E-state index in [-0.39, 0.29) is 38.3 Å². The molecule has 0 radical (unpaired) electrons. The predicted octanol–water partition coefficient (Wildman–Crippen LogP) is 3.04. The summed E-state index contributed by atoms with van der Waals surface area (Å²) in [6.07, 6.45) is 3.27. The maximum absolute atomic E-state index is 13.0. The van der Waals surface area contributed by atoms with Gasteiger partial charge in [0.15, 0.2) is 0 Å². The van der Waals surface area contributed by atoms with Crippen LogP contribution in [0.1, 0.15) is 55.6 Å². The Morgan fingerprint density at radius 1 is 1.00 bits per heavy atom. The van der Waals surface area contributed by atoms with Crippen molar-refractivity contribution < 1.29 is 39.1 Å². The van der Waals surface area contributed by atoms with Crippen molar-refractivity contribution in [1.29, 1.82) is 0 Å². The molecule has 45 heavy (non-hydrogen) atoms. The minimum absolute atomic E-state index is 0.133. The highest BCUT2D eigenvalue weighted by molar-refractivity contribution is 5.68. The van der Waals surface area contributed by atoms with Crippen molar-refractivity contribution in [3.63, 3.8) is 0 Å². The fraction of sp³-hybridized carbons (Fsp3) is 0.618. The number of unbranched alkanes of at least 4 members (excludes halogenated alkanes) is 3. The maximum Gasteiger partial charge on any atom is 0.409 e. The monoisotopic (exact) mass is 627 g/mol. The van der Waals surface area contributed by atoms with Gasteiger partial charge in [-0.1, -0.05) is 24.6 Å². The average molecular weight is 628 g/mol. The van der Waals surface area contributed by atoms with E-state index in [1.807, 2.05) is 36.4 Å². The Bertz CT molecular complexity index is 1190. The second-order valence-corrected chi connectivity index (χ2v) is 12.1. The minimum Gasteiger partial charge on any atom is -0.490 e. The fourth-order valence-corrected chi connectivity index (χ4v) is 6.35. The number of aliphatic hydroxyl groups is 3. The SMILES string of the molecule is O=C(OCCCCCCO)N1CC(O)C(c2ccc(OC3CCNC3)cc2)C(OCc2ccc3c(c2)N(CCCO)CCO3)C1. The van der Waals surface area contributed by atoms with Crippen molar-refractivity contribution in [3.05, 3.63) is 53.6 Å². The number of fused-ring (bicyclic) bond motifs is 1. The van der Waals surface area contributed by atoms with Gasteiger partial charge in [-0.05, 0) is 74.0 Å². The van der Waals surface area contributed by atoms with Crippen molar-refractivity contribution in [2.45, 2.75) is 69.4 Å². The van der Waals surface area contributed by atoms with Gasteiger partial charge in [0.25, 0.3) is 0 Å². The fourth-order valence-electron chi connectivity index (χ4n) is 6.35. The summed E-state index contributed by atoms with van der Waals surface area (Å²) >= 11 is 0. The Morgan fingerprint density at radius 2 is 1.82 bits per heavy atom.